The van der Waals surface area contributed by atoms with Gasteiger partial charge in [0.2, 0.25) is 0 Å². The van der Waals surface area contributed by atoms with Crippen LogP contribution in [0, 0.1) is 0 Å². The van der Waals surface area contributed by atoms with Crippen molar-refractivity contribution in [2.24, 2.45) is 5.73 Å². The summed E-state index contributed by atoms with van der Waals surface area (Å²) in [7, 11) is 0. The molecule has 0 radical (unpaired) electrons. The van der Waals surface area contributed by atoms with E-state index in [0.29, 0.717) is 11.0 Å². The van der Waals surface area contributed by atoms with Crippen LogP contribution >= 0.6 is 12.2 Å². The Balaban J connectivity index is 3.74. The Bertz CT molecular complexity index is 136. The maximum absolute atomic E-state index is 5.44. The van der Waals surface area contributed by atoms with E-state index in [1.54, 1.807) is 0 Å². The third-order valence-electron chi connectivity index (χ3n) is 2.27. The molecule has 2 nitrogen and oxygen atoms in total. The van der Waals surface area contributed by atoms with Crippen molar-refractivity contribution in [3.63, 3.8) is 0 Å². The van der Waals surface area contributed by atoms with Gasteiger partial charge >= 0.3 is 0 Å². The van der Waals surface area contributed by atoms with Crippen molar-refractivity contribution in [1.29, 1.82) is 0 Å². The van der Waals surface area contributed by atoms with E-state index in [-0.39, 0.29) is 0 Å². The molecule has 0 fully saturated rings. The Morgan fingerprint density at radius 2 is 2.08 bits per heavy atom. The summed E-state index contributed by atoms with van der Waals surface area (Å²) in [6.45, 7) is 8.70. The highest BCUT2D eigenvalue weighted by Gasteiger charge is 2.08. The first-order valence-corrected chi connectivity index (χ1v) is 5.05. The Kier molecular flexibility index (Phi) is 6.30. The largest absolute Gasteiger partial charge is 0.393 e. The van der Waals surface area contributed by atoms with E-state index in [9.17, 15) is 0 Å². The zero-order chi connectivity index (χ0) is 9.56. The van der Waals surface area contributed by atoms with Gasteiger partial charge in [0.05, 0.1) is 4.99 Å². The standard InChI is InChI=1S/C9H20N2S/c1-4-8(3)11(5-2)7-6-9(10)12/h8H,4-7H2,1-3H3,(H2,10,12). The van der Waals surface area contributed by atoms with E-state index in [4.69, 9.17) is 18.0 Å². The molecule has 3 heteroatoms. The molecule has 12 heavy (non-hydrogen) atoms. The summed E-state index contributed by atoms with van der Waals surface area (Å²) >= 11 is 4.84. The van der Waals surface area contributed by atoms with Crippen LogP contribution in [0.1, 0.15) is 33.6 Å². The van der Waals surface area contributed by atoms with Gasteiger partial charge in [0, 0.05) is 19.0 Å². The first-order chi connectivity index (χ1) is 5.61. The third kappa shape index (κ3) is 4.67. The van der Waals surface area contributed by atoms with Gasteiger partial charge in [-0.25, -0.2) is 0 Å². The van der Waals surface area contributed by atoms with Crippen LogP contribution in [0.2, 0.25) is 0 Å². The van der Waals surface area contributed by atoms with Gasteiger partial charge in [-0.2, -0.15) is 0 Å². The van der Waals surface area contributed by atoms with Gasteiger partial charge in [-0.05, 0) is 19.9 Å². The first-order valence-electron chi connectivity index (χ1n) is 4.64. The lowest BCUT2D eigenvalue weighted by Gasteiger charge is -2.26. The van der Waals surface area contributed by atoms with E-state index in [1.165, 1.54) is 6.42 Å². The van der Waals surface area contributed by atoms with Crippen LogP contribution < -0.4 is 5.73 Å². The van der Waals surface area contributed by atoms with Crippen LogP contribution in [0.4, 0.5) is 0 Å². The van der Waals surface area contributed by atoms with E-state index in [1.807, 2.05) is 0 Å². The maximum Gasteiger partial charge on any atom is 0.0740 e. The summed E-state index contributed by atoms with van der Waals surface area (Å²) in [6, 6.07) is 0.643. The number of thiocarbonyl (C=S) groups is 1. The average molecular weight is 188 g/mol. The van der Waals surface area contributed by atoms with Gasteiger partial charge in [0.1, 0.15) is 0 Å². The molecule has 0 saturated carbocycles. The van der Waals surface area contributed by atoms with Crippen LogP contribution in [0.15, 0.2) is 0 Å². The molecule has 0 heterocycles. The van der Waals surface area contributed by atoms with Gasteiger partial charge in [0.25, 0.3) is 0 Å². The van der Waals surface area contributed by atoms with Crippen molar-refractivity contribution in [3.05, 3.63) is 0 Å². The molecule has 72 valence electrons. The van der Waals surface area contributed by atoms with Crippen LogP contribution in [0.3, 0.4) is 0 Å². The molecule has 0 rings (SSSR count). The van der Waals surface area contributed by atoms with E-state index < -0.39 is 0 Å². The van der Waals surface area contributed by atoms with E-state index >= 15 is 0 Å². The van der Waals surface area contributed by atoms with Crippen molar-refractivity contribution < 1.29 is 0 Å². The van der Waals surface area contributed by atoms with Crippen LogP contribution in [-0.4, -0.2) is 29.0 Å². The quantitative estimate of drug-likeness (QED) is 0.644. The molecule has 2 N–H and O–H groups in total. The Hall–Kier alpha value is -0.150. The molecule has 1 atom stereocenters. The summed E-state index contributed by atoms with van der Waals surface area (Å²) in [6.07, 6.45) is 2.03. The third-order valence-corrected chi connectivity index (χ3v) is 2.47. The lowest BCUT2D eigenvalue weighted by atomic mass is 10.2. The summed E-state index contributed by atoms with van der Waals surface area (Å²) in [4.78, 5) is 3.02. The minimum Gasteiger partial charge on any atom is -0.393 e. The zero-order valence-electron chi connectivity index (χ0n) is 8.34. The average Bonchev–Trinajstić information content (AvgIpc) is 2.04. The highest BCUT2D eigenvalue weighted by Crippen LogP contribution is 2.03. The van der Waals surface area contributed by atoms with Gasteiger partial charge in [0.15, 0.2) is 0 Å². The summed E-state index contributed by atoms with van der Waals surface area (Å²) in [5.74, 6) is 0. The molecule has 0 aliphatic rings. The van der Waals surface area contributed by atoms with Crippen LogP contribution in [0.25, 0.3) is 0 Å². The fourth-order valence-corrected chi connectivity index (χ4v) is 1.29. The van der Waals surface area contributed by atoms with Crippen molar-refractivity contribution in [2.45, 2.75) is 39.7 Å². The zero-order valence-corrected chi connectivity index (χ0v) is 9.16. The Labute approximate surface area is 81.1 Å². The van der Waals surface area contributed by atoms with Gasteiger partial charge in [-0.3, -0.25) is 0 Å². The van der Waals surface area contributed by atoms with E-state index in [0.717, 1.165) is 19.5 Å². The fourth-order valence-electron chi connectivity index (χ4n) is 1.20. The number of nitrogens with zero attached hydrogens (tertiary/aromatic N) is 1. The molecule has 0 amide bonds. The molecule has 0 saturated heterocycles. The summed E-state index contributed by atoms with van der Waals surface area (Å²) in [5.41, 5.74) is 5.44. The highest BCUT2D eigenvalue weighted by molar-refractivity contribution is 7.80. The molecule has 0 aromatic rings. The molecular formula is C9H20N2S. The summed E-state index contributed by atoms with van der Waals surface area (Å²) < 4.78 is 0. The van der Waals surface area contributed by atoms with Gasteiger partial charge < -0.3 is 10.6 Å². The lowest BCUT2D eigenvalue weighted by Crippen LogP contribution is -2.34. The number of nitrogens with two attached hydrogens (primary N) is 1. The lowest BCUT2D eigenvalue weighted by molar-refractivity contribution is 0.221. The van der Waals surface area contributed by atoms with Crippen LogP contribution in [-0.2, 0) is 0 Å². The molecule has 0 bridgehead atoms. The predicted octanol–water partition coefficient (Wildman–Crippen LogP) is 1.78. The molecule has 0 aliphatic heterocycles. The topological polar surface area (TPSA) is 29.3 Å². The highest BCUT2D eigenvalue weighted by atomic mass is 32.1. The second-order valence-corrected chi connectivity index (χ2v) is 3.63. The van der Waals surface area contributed by atoms with Gasteiger partial charge in [-0.15, -0.1) is 0 Å². The molecule has 1 unspecified atom stereocenters. The van der Waals surface area contributed by atoms with Crippen LogP contribution in [0.5, 0.6) is 0 Å². The molecule has 0 aromatic carbocycles. The SMILES string of the molecule is CCC(C)N(CC)CCC(N)=S. The molecule has 0 spiro atoms. The smallest absolute Gasteiger partial charge is 0.0740 e. The Morgan fingerprint density at radius 1 is 1.50 bits per heavy atom. The Morgan fingerprint density at radius 3 is 2.42 bits per heavy atom. The van der Waals surface area contributed by atoms with Crippen molar-refractivity contribution in [2.75, 3.05) is 13.1 Å². The second kappa shape index (κ2) is 6.38. The van der Waals surface area contributed by atoms with Crippen molar-refractivity contribution >= 4 is 17.2 Å². The molecular weight excluding hydrogens is 168 g/mol. The number of rotatable bonds is 6. The fraction of sp³-hybridized carbons (Fsp3) is 0.889. The normalized spacial score (nSPS) is 13.3. The van der Waals surface area contributed by atoms with Crippen molar-refractivity contribution in [3.8, 4) is 0 Å². The molecule has 0 aliphatic carbocycles. The monoisotopic (exact) mass is 188 g/mol. The predicted molar refractivity (Wildman–Crippen MR) is 58.4 cm³/mol. The maximum atomic E-state index is 5.44. The minimum atomic E-state index is 0.622. The van der Waals surface area contributed by atoms with Gasteiger partial charge in [-0.1, -0.05) is 26.1 Å². The van der Waals surface area contributed by atoms with E-state index in [2.05, 4.69) is 25.7 Å². The summed E-state index contributed by atoms with van der Waals surface area (Å²) in [5, 5.41) is 0. The molecule has 0 aromatic heterocycles. The number of hydrogen-bond acceptors (Lipinski definition) is 2. The first kappa shape index (κ1) is 11.8. The minimum absolute atomic E-state index is 0.622. The number of hydrogen-bond donors (Lipinski definition) is 1. The van der Waals surface area contributed by atoms with Crippen molar-refractivity contribution in [1.82, 2.24) is 4.90 Å². The second-order valence-electron chi connectivity index (χ2n) is 3.10.